The fourth-order valence-corrected chi connectivity index (χ4v) is 5.07. The number of nitrogens with zero attached hydrogens (tertiary/aromatic N) is 4. The molecular weight excluding hydrogens is 418 g/mol. The SMILES string of the molecule is Cc1ccc(C)c(-n2c(C)nnc2SCC(=O)NCC(c2ccccc2)N2CCCC2)c1. The van der Waals surface area contributed by atoms with Crippen molar-refractivity contribution in [1.82, 2.24) is 25.0 Å². The summed E-state index contributed by atoms with van der Waals surface area (Å²) in [5.74, 6) is 1.15. The lowest BCUT2D eigenvalue weighted by atomic mass is 10.1. The summed E-state index contributed by atoms with van der Waals surface area (Å²) >= 11 is 1.43. The molecule has 3 aromatic rings. The van der Waals surface area contributed by atoms with E-state index in [4.69, 9.17) is 0 Å². The molecule has 1 unspecified atom stereocenters. The van der Waals surface area contributed by atoms with E-state index in [0.29, 0.717) is 12.3 Å². The van der Waals surface area contributed by atoms with Crippen LogP contribution in [0.4, 0.5) is 0 Å². The Labute approximate surface area is 194 Å². The molecule has 0 spiro atoms. The number of carbonyl (C=O) groups excluding carboxylic acids is 1. The fourth-order valence-electron chi connectivity index (χ4n) is 4.25. The number of thioether (sulfide) groups is 1. The van der Waals surface area contributed by atoms with Crippen LogP contribution in [-0.2, 0) is 4.79 Å². The number of hydrogen-bond acceptors (Lipinski definition) is 5. The van der Waals surface area contributed by atoms with E-state index >= 15 is 0 Å². The highest BCUT2D eigenvalue weighted by molar-refractivity contribution is 7.99. The maximum atomic E-state index is 12.7. The van der Waals surface area contributed by atoms with Crippen LogP contribution in [0.15, 0.2) is 53.7 Å². The molecule has 1 aliphatic rings. The number of benzene rings is 2. The Morgan fingerprint density at radius 2 is 1.81 bits per heavy atom. The van der Waals surface area contributed by atoms with Crippen LogP contribution in [0, 0.1) is 20.8 Å². The van der Waals surface area contributed by atoms with Gasteiger partial charge in [-0.15, -0.1) is 10.2 Å². The van der Waals surface area contributed by atoms with Gasteiger partial charge < -0.3 is 5.32 Å². The van der Waals surface area contributed by atoms with Gasteiger partial charge in [-0.2, -0.15) is 0 Å². The number of carbonyl (C=O) groups is 1. The van der Waals surface area contributed by atoms with Gasteiger partial charge >= 0.3 is 0 Å². The van der Waals surface area contributed by atoms with Crippen LogP contribution in [0.5, 0.6) is 0 Å². The highest BCUT2D eigenvalue weighted by atomic mass is 32.2. The number of likely N-dealkylation sites (tertiary alicyclic amines) is 1. The molecule has 1 aromatic heterocycles. The number of amides is 1. The van der Waals surface area contributed by atoms with Gasteiger partial charge in [0.15, 0.2) is 5.16 Å². The molecular formula is C25H31N5OS. The van der Waals surface area contributed by atoms with Crippen molar-refractivity contribution in [1.29, 1.82) is 0 Å². The fraction of sp³-hybridized carbons (Fsp3) is 0.400. The minimum absolute atomic E-state index is 0.0169. The third-order valence-electron chi connectivity index (χ3n) is 5.99. The number of aromatic nitrogens is 3. The minimum atomic E-state index is 0.0169. The summed E-state index contributed by atoms with van der Waals surface area (Å²) in [6, 6.07) is 17.0. The van der Waals surface area contributed by atoms with Crippen LogP contribution in [0.2, 0.25) is 0 Å². The van der Waals surface area contributed by atoms with Gasteiger partial charge in [-0.3, -0.25) is 14.3 Å². The summed E-state index contributed by atoms with van der Waals surface area (Å²) in [6.45, 7) is 8.89. The Morgan fingerprint density at radius 3 is 2.56 bits per heavy atom. The predicted octanol–water partition coefficient (Wildman–Crippen LogP) is 4.24. The molecule has 0 saturated carbocycles. The Hall–Kier alpha value is -2.64. The molecule has 7 heteroatoms. The molecule has 32 heavy (non-hydrogen) atoms. The summed E-state index contributed by atoms with van der Waals surface area (Å²) in [4.78, 5) is 15.2. The second-order valence-electron chi connectivity index (χ2n) is 8.42. The quantitative estimate of drug-likeness (QED) is 0.521. The van der Waals surface area contributed by atoms with Gasteiger partial charge in [0.25, 0.3) is 0 Å². The van der Waals surface area contributed by atoms with E-state index in [9.17, 15) is 4.79 Å². The van der Waals surface area contributed by atoms with Crippen LogP contribution < -0.4 is 5.32 Å². The lowest BCUT2D eigenvalue weighted by Crippen LogP contribution is -2.37. The van der Waals surface area contributed by atoms with E-state index in [1.165, 1.54) is 35.7 Å². The van der Waals surface area contributed by atoms with Gasteiger partial charge in [0.1, 0.15) is 5.82 Å². The summed E-state index contributed by atoms with van der Waals surface area (Å²) < 4.78 is 2.04. The van der Waals surface area contributed by atoms with Crippen molar-refractivity contribution in [2.75, 3.05) is 25.4 Å². The average Bonchev–Trinajstić information content (AvgIpc) is 3.45. The largest absolute Gasteiger partial charge is 0.353 e. The smallest absolute Gasteiger partial charge is 0.230 e. The zero-order chi connectivity index (χ0) is 22.5. The van der Waals surface area contributed by atoms with Crippen molar-refractivity contribution < 1.29 is 4.79 Å². The molecule has 1 fully saturated rings. The second-order valence-corrected chi connectivity index (χ2v) is 9.36. The normalized spacial score (nSPS) is 15.1. The summed E-state index contributed by atoms with van der Waals surface area (Å²) in [7, 11) is 0. The molecule has 0 aliphatic carbocycles. The minimum Gasteiger partial charge on any atom is -0.353 e. The van der Waals surface area contributed by atoms with E-state index in [-0.39, 0.29) is 11.9 Å². The Balaban J connectivity index is 1.41. The molecule has 1 amide bonds. The topological polar surface area (TPSA) is 63.1 Å². The van der Waals surface area contributed by atoms with E-state index in [0.717, 1.165) is 35.3 Å². The van der Waals surface area contributed by atoms with E-state index in [2.05, 4.69) is 76.7 Å². The van der Waals surface area contributed by atoms with Gasteiger partial charge in [-0.1, -0.05) is 54.2 Å². The van der Waals surface area contributed by atoms with E-state index in [1.54, 1.807) is 0 Å². The van der Waals surface area contributed by atoms with Crippen molar-refractivity contribution in [2.24, 2.45) is 0 Å². The first-order valence-corrected chi connectivity index (χ1v) is 12.2. The molecule has 1 N–H and O–H groups in total. The Kier molecular flexibility index (Phi) is 7.27. The number of nitrogens with one attached hydrogen (secondary N) is 1. The average molecular weight is 450 g/mol. The lowest BCUT2D eigenvalue weighted by Gasteiger charge is -2.28. The Bertz CT molecular complexity index is 1060. The predicted molar refractivity (Wildman–Crippen MR) is 129 cm³/mol. The molecule has 1 atom stereocenters. The molecule has 4 rings (SSSR count). The van der Waals surface area contributed by atoms with Gasteiger partial charge in [-0.05, 0) is 69.5 Å². The third kappa shape index (κ3) is 5.22. The van der Waals surface area contributed by atoms with Crippen LogP contribution >= 0.6 is 11.8 Å². The molecule has 2 heterocycles. The maximum absolute atomic E-state index is 12.7. The molecule has 1 saturated heterocycles. The van der Waals surface area contributed by atoms with Gasteiger partial charge in [0, 0.05) is 6.54 Å². The lowest BCUT2D eigenvalue weighted by molar-refractivity contribution is -0.118. The van der Waals surface area contributed by atoms with Crippen molar-refractivity contribution in [3.8, 4) is 5.69 Å². The van der Waals surface area contributed by atoms with Crippen molar-refractivity contribution in [3.05, 3.63) is 71.0 Å². The van der Waals surface area contributed by atoms with Crippen molar-refractivity contribution >= 4 is 17.7 Å². The monoisotopic (exact) mass is 449 g/mol. The van der Waals surface area contributed by atoms with Gasteiger partial charge in [0.05, 0.1) is 17.5 Å². The molecule has 6 nitrogen and oxygen atoms in total. The van der Waals surface area contributed by atoms with Crippen molar-refractivity contribution in [2.45, 2.75) is 44.8 Å². The van der Waals surface area contributed by atoms with E-state index in [1.807, 2.05) is 17.6 Å². The standard InChI is InChI=1S/C25H31N5OS/c1-18-11-12-19(2)22(15-18)30-20(3)27-28-25(30)32-17-24(31)26-16-23(29-13-7-8-14-29)21-9-5-4-6-10-21/h4-6,9-12,15,23H,7-8,13-14,16-17H2,1-3H3,(H,26,31). The van der Waals surface area contributed by atoms with Crippen molar-refractivity contribution in [3.63, 3.8) is 0 Å². The Morgan fingerprint density at radius 1 is 1.06 bits per heavy atom. The number of rotatable bonds is 8. The first kappa shape index (κ1) is 22.6. The first-order chi connectivity index (χ1) is 15.5. The third-order valence-corrected chi connectivity index (χ3v) is 6.92. The van der Waals surface area contributed by atoms with Crippen LogP contribution in [0.1, 0.15) is 41.4 Å². The number of hydrogen-bond donors (Lipinski definition) is 1. The first-order valence-electron chi connectivity index (χ1n) is 11.2. The number of aryl methyl sites for hydroxylation is 3. The zero-order valence-electron chi connectivity index (χ0n) is 19.0. The maximum Gasteiger partial charge on any atom is 0.230 e. The highest BCUT2D eigenvalue weighted by Gasteiger charge is 2.24. The second kappa shape index (κ2) is 10.3. The van der Waals surface area contributed by atoms with E-state index < -0.39 is 0 Å². The summed E-state index contributed by atoms with van der Waals surface area (Å²) in [5.41, 5.74) is 4.66. The van der Waals surface area contributed by atoms with Crippen LogP contribution in [0.25, 0.3) is 5.69 Å². The molecule has 2 aromatic carbocycles. The van der Waals surface area contributed by atoms with Crippen LogP contribution in [0.3, 0.4) is 0 Å². The highest BCUT2D eigenvalue weighted by Crippen LogP contribution is 2.26. The van der Waals surface area contributed by atoms with Crippen LogP contribution in [-0.4, -0.2) is 51.0 Å². The molecule has 0 bridgehead atoms. The molecule has 0 radical (unpaired) electrons. The van der Waals surface area contributed by atoms with Gasteiger partial charge in [0.2, 0.25) is 5.91 Å². The molecule has 168 valence electrons. The summed E-state index contributed by atoms with van der Waals surface area (Å²) in [6.07, 6.45) is 2.45. The van der Waals surface area contributed by atoms with Gasteiger partial charge in [-0.25, -0.2) is 0 Å². The summed E-state index contributed by atoms with van der Waals surface area (Å²) in [5, 5.41) is 12.5. The zero-order valence-corrected chi connectivity index (χ0v) is 19.9. The molecule has 1 aliphatic heterocycles.